The molecule has 3 aromatic rings. The number of carboxylic acids is 1. The molecule has 0 bridgehead atoms. The number of carbonyl (C=O) groups is 2. The number of alkyl halides is 3. The summed E-state index contributed by atoms with van der Waals surface area (Å²) >= 11 is 1.37. The Morgan fingerprint density at radius 2 is 1.72 bits per heavy atom. The SMILES string of the molecule is Cc1ccc(-c2sc(NC(=O)C3CCCC3)nc2C)cc1S(=O)(=O)NCc1ccncc1.O=C(O)C(F)(F)F. The Morgan fingerprint density at radius 3 is 2.31 bits per heavy atom. The molecule has 9 nitrogen and oxygen atoms in total. The molecule has 0 spiro atoms. The van der Waals surface area contributed by atoms with Gasteiger partial charge in [0.15, 0.2) is 5.13 Å². The molecule has 0 radical (unpaired) electrons. The fourth-order valence-electron chi connectivity index (χ4n) is 3.90. The highest BCUT2D eigenvalue weighted by Crippen LogP contribution is 2.35. The number of halogens is 3. The molecule has 1 fully saturated rings. The van der Waals surface area contributed by atoms with Crippen LogP contribution in [0.3, 0.4) is 0 Å². The standard InChI is InChI=1S/C23H26N4O3S2.C2HF3O2/c1-15-7-8-19(13-20(15)32(29,30)25-14-17-9-11-24-12-10-17)21-16(2)26-23(31-21)27-22(28)18-5-3-4-6-18;3-2(4,5)1(6)7/h7-13,18,25H,3-6,14H2,1-2H3,(H,26,27,28);(H,6,7). The van der Waals surface area contributed by atoms with Crippen molar-refractivity contribution in [1.29, 1.82) is 0 Å². The number of carboxylic acid groups (broad SMARTS) is 1. The molecule has 39 heavy (non-hydrogen) atoms. The number of aliphatic carboxylic acids is 1. The monoisotopic (exact) mass is 584 g/mol. The highest BCUT2D eigenvalue weighted by Gasteiger charge is 2.38. The molecule has 0 atom stereocenters. The van der Waals surface area contributed by atoms with Crippen molar-refractivity contribution in [1.82, 2.24) is 14.7 Å². The van der Waals surface area contributed by atoms with Gasteiger partial charge in [-0.05, 0) is 61.6 Å². The molecular formula is C25H27F3N4O5S2. The maximum absolute atomic E-state index is 13.0. The van der Waals surface area contributed by atoms with Crippen molar-refractivity contribution in [2.75, 3.05) is 5.32 Å². The van der Waals surface area contributed by atoms with Gasteiger partial charge in [-0.2, -0.15) is 13.2 Å². The molecule has 2 heterocycles. The highest BCUT2D eigenvalue weighted by atomic mass is 32.2. The van der Waals surface area contributed by atoms with Gasteiger partial charge >= 0.3 is 12.1 Å². The number of aromatic nitrogens is 2. The predicted octanol–water partition coefficient (Wildman–Crippen LogP) is 5.06. The normalized spacial score (nSPS) is 14.0. The van der Waals surface area contributed by atoms with Crippen molar-refractivity contribution in [3.05, 3.63) is 59.5 Å². The molecule has 4 rings (SSSR count). The first kappa shape index (κ1) is 30.2. The first-order valence-electron chi connectivity index (χ1n) is 11.9. The molecule has 0 unspecified atom stereocenters. The molecule has 1 saturated carbocycles. The Bertz CT molecular complexity index is 1420. The second-order valence-electron chi connectivity index (χ2n) is 8.87. The lowest BCUT2D eigenvalue weighted by Crippen LogP contribution is -2.24. The van der Waals surface area contributed by atoms with Crippen LogP contribution >= 0.6 is 11.3 Å². The van der Waals surface area contributed by atoms with Gasteiger partial charge in [-0.3, -0.25) is 9.78 Å². The van der Waals surface area contributed by atoms with E-state index in [1.807, 2.05) is 13.0 Å². The van der Waals surface area contributed by atoms with Crippen LogP contribution in [0.5, 0.6) is 0 Å². The second-order valence-corrected chi connectivity index (χ2v) is 11.6. The fourth-order valence-corrected chi connectivity index (χ4v) is 6.15. The molecular weight excluding hydrogens is 557 g/mol. The van der Waals surface area contributed by atoms with E-state index >= 15 is 0 Å². The maximum atomic E-state index is 13.0. The van der Waals surface area contributed by atoms with Gasteiger partial charge in [-0.15, -0.1) is 0 Å². The van der Waals surface area contributed by atoms with Gasteiger partial charge in [0.05, 0.1) is 15.5 Å². The predicted molar refractivity (Wildman–Crippen MR) is 140 cm³/mol. The quantitative estimate of drug-likeness (QED) is 0.353. The number of rotatable bonds is 7. The van der Waals surface area contributed by atoms with Crippen LogP contribution in [0.4, 0.5) is 18.3 Å². The molecule has 1 aliphatic rings. The third-order valence-electron chi connectivity index (χ3n) is 5.95. The van der Waals surface area contributed by atoms with Gasteiger partial charge in [-0.1, -0.05) is 36.3 Å². The van der Waals surface area contributed by atoms with Gasteiger partial charge in [0.2, 0.25) is 15.9 Å². The molecule has 2 aromatic heterocycles. The number of thiazole rings is 1. The van der Waals surface area contributed by atoms with E-state index in [4.69, 9.17) is 9.90 Å². The average molecular weight is 585 g/mol. The summed E-state index contributed by atoms with van der Waals surface area (Å²) in [5.41, 5.74) is 3.01. The minimum Gasteiger partial charge on any atom is -0.475 e. The number of carbonyl (C=O) groups excluding carboxylic acids is 1. The summed E-state index contributed by atoms with van der Waals surface area (Å²) in [5, 5.41) is 10.6. The Labute approximate surface area is 227 Å². The molecule has 14 heteroatoms. The number of sulfonamides is 1. The third kappa shape index (κ3) is 8.31. The van der Waals surface area contributed by atoms with E-state index < -0.39 is 22.2 Å². The molecule has 0 aliphatic heterocycles. The zero-order valence-corrected chi connectivity index (χ0v) is 22.7. The summed E-state index contributed by atoms with van der Waals surface area (Å²) in [6, 6.07) is 8.90. The van der Waals surface area contributed by atoms with E-state index in [0.717, 1.165) is 47.4 Å². The van der Waals surface area contributed by atoms with Crippen molar-refractivity contribution >= 4 is 38.4 Å². The summed E-state index contributed by atoms with van der Waals surface area (Å²) < 4.78 is 60.4. The minimum absolute atomic E-state index is 0.0234. The van der Waals surface area contributed by atoms with Crippen LogP contribution in [0, 0.1) is 19.8 Å². The van der Waals surface area contributed by atoms with E-state index in [0.29, 0.717) is 10.7 Å². The lowest BCUT2D eigenvalue weighted by atomic mass is 10.1. The smallest absolute Gasteiger partial charge is 0.475 e. The summed E-state index contributed by atoms with van der Waals surface area (Å²) in [7, 11) is -3.71. The Hall–Kier alpha value is -3.36. The van der Waals surface area contributed by atoms with Gasteiger partial charge < -0.3 is 10.4 Å². The molecule has 1 amide bonds. The molecule has 3 N–H and O–H groups in total. The lowest BCUT2D eigenvalue weighted by molar-refractivity contribution is -0.192. The number of benzene rings is 1. The van der Waals surface area contributed by atoms with Crippen LogP contribution in [0.1, 0.15) is 42.5 Å². The van der Waals surface area contributed by atoms with Crippen LogP contribution in [0.2, 0.25) is 0 Å². The first-order valence-corrected chi connectivity index (χ1v) is 14.2. The van der Waals surface area contributed by atoms with E-state index in [-0.39, 0.29) is 23.3 Å². The van der Waals surface area contributed by atoms with Crippen molar-refractivity contribution in [3.8, 4) is 10.4 Å². The number of nitrogens with zero attached hydrogens (tertiary/aromatic N) is 2. The summed E-state index contributed by atoms with van der Waals surface area (Å²) in [5.74, 6) is -2.67. The topological polar surface area (TPSA) is 138 Å². The zero-order chi connectivity index (χ0) is 28.8. The van der Waals surface area contributed by atoms with Crippen LogP contribution < -0.4 is 10.0 Å². The number of nitrogens with one attached hydrogen (secondary N) is 2. The van der Waals surface area contributed by atoms with Crippen molar-refractivity contribution in [3.63, 3.8) is 0 Å². The van der Waals surface area contributed by atoms with Gasteiger partial charge in [0.1, 0.15) is 0 Å². The molecule has 0 saturated heterocycles. The van der Waals surface area contributed by atoms with E-state index in [9.17, 15) is 26.4 Å². The van der Waals surface area contributed by atoms with Gasteiger partial charge in [-0.25, -0.2) is 22.9 Å². The molecule has 1 aliphatic carbocycles. The van der Waals surface area contributed by atoms with E-state index in [1.165, 1.54) is 11.3 Å². The largest absolute Gasteiger partial charge is 0.490 e. The van der Waals surface area contributed by atoms with Crippen LogP contribution in [0.25, 0.3) is 10.4 Å². The summed E-state index contributed by atoms with van der Waals surface area (Å²) in [6.45, 7) is 3.83. The average Bonchev–Trinajstić information content (AvgIpc) is 3.54. The van der Waals surface area contributed by atoms with Gasteiger partial charge in [0, 0.05) is 24.9 Å². The number of aryl methyl sites for hydroxylation is 2. The highest BCUT2D eigenvalue weighted by molar-refractivity contribution is 7.89. The Balaban J connectivity index is 0.000000532. The number of amides is 1. The van der Waals surface area contributed by atoms with Crippen LogP contribution in [-0.4, -0.2) is 41.5 Å². The van der Waals surface area contributed by atoms with Crippen molar-refractivity contribution in [2.45, 2.75) is 57.1 Å². The minimum atomic E-state index is -5.08. The number of pyridine rings is 1. The third-order valence-corrected chi connectivity index (χ3v) is 8.62. The number of anilines is 1. The number of hydrogen-bond acceptors (Lipinski definition) is 7. The lowest BCUT2D eigenvalue weighted by Gasteiger charge is -2.11. The van der Waals surface area contributed by atoms with E-state index in [1.54, 1.807) is 43.6 Å². The second kappa shape index (κ2) is 12.7. The summed E-state index contributed by atoms with van der Waals surface area (Å²) in [4.78, 5) is 30.9. The fraction of sp³-hybridized carbons (Fsp3) is 0.360. The van der Waals surface area contributed by atoms with E-state index in [2.05, 4.69) is 20.0 Å². The summed E-state index contributed by atoms with van der Waals surface area (Å²) in [6.07, 6.45) is 2.21. The zero-order valence-electron chi connectivity index (χ0n) is 21.1. The number of hydrogen-bond donors (Lipinski definition) is 3. The van der Waals surface area contributed by atoms with Crippen molar-refractivity contribution in [2.24, 2.45) is 5.92 Å². The Morgan fingerprint density at radius 1 is 1.10 bits per heavy atom. The molecule has 1 aromatic carbocycles. The van der Waals surface area contributed by atoms with Crippen LogP contribution in [-0.2, 0) is 26.2 Å². The molecule has 210 valence electrons. The maximum Gasteiger partial charge on any atom is 0.490 e. The van der Waals surface area contributed by atoms with Crippen LogP contribution in [0.15, 0.2) is 47.6 Å². The first-order chi connectivity index (χ1) is 18.3. The van der Waals surface area contributed by atoms with Gasteiger partial charge in [0.25, 0.3) is 0 Å². The van der Waals surface area contributed by atoms with Crippen molar-refractivity contribution < 1.29 is 36.3 Å². The Kier molecular flexibility index (Phi) is 9.80.